The molecule has 0 aromatic carbocycles. The average Bonchev–Trinajstić information content (AvgIpc) is 2.92. The zero-order chi connectivity index (χ0) is 15.5. The minimum absolute atomic E-state index is 0.139. The van der Waals surface area contributed by atoms with E-state index in [0.717, 1.165) is 51.7 Å². The Morgan fingerprint density at radius 2 is 2.00 bits per heavy atom. The molecule has 5 heteroatoms. The maximum Gasteiger partial charge on any atom is 0.150 e. The Balaban J connectivity index is 2.10. The first-order valence-corrected chi connectivity index (χ1v) is 10.5. The van der Waals surface area contributed by atoms with Crippen LogP contribution in [0.15, 0.2) is 0 Å². The highest BCUT2D eigenvalue weighted by atomic mass is 32.2. The average molecular weight is 317 g/mol. The van der Waals surface area contributed by atoms with Gasteiger partial charge in [0.25, 0.3) is 0 Å². The molecule has 1 aliphatic heterocycles. The van der Waals surface area contributed by atoms with Crippen molar-refractivity contribution in [2.45, 2.75) is 69.8 Å². The monoisotopic (exact) mass is 317 g/mol. The van der Waals surface area contributed by atoms with Crippen LogP contribution in [-0.2, 0) is 14.6 Å². The number of hydrogen-bond acceptors (Lipinski definition) is 4. The van der Waals surface area contributed by atoms with Gasteiger partial charge < -0.3 is 10.1 Å². The summed E-state index contributed by atoms with van der Waals surface area (Å²) in [5, 5.41) is 3.52. The zero-order valence-corrected chi connectivity index (χ0v) is 14.5. The van der Waals surface area contributed by atoms with Crippen molar-refractivity contribution >= 4 is 9.84 Å². The number of ether oxygens (including phenoxy) is 1. The summed E-state index contributed by atoms with van der Waals surface area (Å²) in [6.07, 6.45) is 7.75. The van der Waals surface area contributed by atoms with E-state index < -0.39 is 9.84 Å². The molecule has 1 aliphatic carbocycles. The third kappa shape index (κ3) is 4.20. The molecule has 5 atom stereocenters. The van der Waals surface area contributed by atoms with Gasteiger partial charge in [0.15, 0.2) is 0 Å². The van der Waals surface area contributed by atoms with Gasteiger partial charge in [-0.25, -0.2) is 8.42 Å². The molecule has 0 aromatic heterocycles. The molecule has 0 aromatic rings. The molecule has 1 saturated carbocycles. The third-order valence-corrected chi connectivity index (χ3v) is 6.98. The van der Waals surface area contributed by atoms with E-state index in [-0.39, 0.29) is 5.25 Å². The Kier molecular flexibility index (Phi) is 6.09. The molecule has 1 saturated heterocycles. The van der Waals surface area contributed by atoms with Gasteiger partial charge in [0.05, 0.1) is 11.4 Å². The van der Waals surface area contributed by atoms with Crippen LogP contribution in [0.1, 0.15) is 52.4 Å². The molecular formula is C16H31NO3S. The van der Waals surface area contributed by atoms with Crippen LogP contribution in [-0.4, -0.2) is 45.2 Å². The van der Waals surface area contributed by atoms with E-state index in [2.05, 4.69) is 19.2 Å². The summed E-state index contributed by atoms with van der Waals surface area (Å²) >= 11 is 0. The van der Waals surface area contributed by atoms with E-state index in [9.17, 15) is 8.42 Å². The first-order valence-electron chi connectivity index (χ1n) is 8.51. The zero-order valence-electron chi connectivity index (χ0n) is 13.7. The first-order chi connectivity index (χ1) is 9.97. The SMILES string of the molecule is CCNC(C1CCCC(S(C)(=O)=O)C1)C1CCOC1CC. The van der Waals surface area contributed by atoms with Crippen LogP contribution in [0.3, 0.4) is 0 Å². The fourth-order valence-electron chi connectivity index (χ4n) is 4.30. The lowest BCUT2D eigenvalue weighted by molar-refractivity contribution is 0.0654. The molecular weight excluding hydrogens is 286 g/mol. The summed E-state index contributed by atoms with van der Waals surface area (Å²) in [5.41, 5.74) is 0. The number of nitrogens with one attached hydrogen (secondary N) is 1. The van der Waals surface area contributed by atoms with E-state index in [1.54, 1.807) is 0 Å². The quantitative estimate of drug-likeness (QED) is 0.817. The van der Waals surface area contributed by atoms with Gasteiger partial charge in [-0.1, -0.05) is 20.3 Å². The smallest absolute Gasteiger partial charge is 0.150 e. The topological polar surface area (TPSA) is 55.4 Å². The van der Waals surface area contributed by atoms with Gasteiger partial charge in [-0.15, -0.1) is 0 Å². The van der Waals surface area contributed by atoms with Gasteiger partial charge in [0, 0.05) is 24.8 Å². The lowest BCUT2D eigenvalue weighted by Crippen LogP contribution is -2.47. The standard InChI is InChI=1S/C16H31NO3S/c1-4-15-14(9-10-20-15)16(17-5-2)12-7-6-8-13(11-12)21(3,18)19/h12-17H,4-11H2,1-3H3. The van der Waals surface area contributed by atoms with Crippen molar-refractivity contribution in [1.29, 1.82) is 0 Å². The Labute approximate surface area is 129 Å². The molecule has 2 aliphatic rings. The minimum atomic E-state index is -2.91. The van der Waals surface area contributed by atoms with E-state index in [1.807, 2.05) is 0 Å². The molecule has 0 spiro atoms. The van der Waals surface area contributed by atoms with Crippen molar-refractivity contribution in [3.8, 4) is 0 Å². The minimum Gasteiger partial charge on any atom is -0.378 e. The maximum absolute atomic E-state index is 11.9. The second-order valence-electron chi connectivity index (χ2n) is 6.73. The van der Waals surface area contributed by atoms with Crippen LogP contribution in [0.2, 0.25) is 0 Å². The highest BCUT2D eigenvalue weighted by Crippen LogP contribution is 2.37. The molecule has 5 unspecified atom stereocenters. The molecule has 1 heterocycles. The van der Waals surface area contributed by atoms with Gasteiger partial charge in [0.2, 0.25) is 0 Å². The van der Waals surface area contributed by atoms with Crippen molar-refractivity contribution in [2.24, 2.45) is 11.8 Å². The molecule has 124 valence electrons. The van der Waals surface area contributed by atoms with Crippen LogP contribution in [0.4, 0.5) is 0 Å². The predicted octanol–water partition coefficient (Wildman–Crippen LogP) is 2.38. The van der Waals surface area contributed by atoms with Crippen LogP contribution < -0.4 is 5.32 Å². The van der Waals surface area contributed by atoms with Crippen LogP contribution in [0.5, 0.6) is 0 Å². The Hall–Kier alpha value is -0.130. The normalized spacial score (nSPS) is 35.8. The Morgan fingerprint density at radius 3 is 2.62 bits per heavy atom. The fourth-order valence-corrected chi connectivity index (χ4v) is 5.49. The molecule has 4 nitrogen and oxygen atoms in total. The molecule has 0 bridgehead atoms. The van der Waals surface area contributed by atoms with E-state index >= 15 is 0 Å². The van der Waals surface area contributed by atoms with Gasteiger partial charge >= 0.3 is 0 Å². The molecule has 21 heavy (non-hydrogen) atoms. The molecule has 0 amide bonds. The van der Waals surface area contributed by atoms with Crippen molar-refractivity contribution in [2.75, 3.05) is 19.4 Å². The summed E-state index contributed by atoms with van der Waals surface area (Å²) in [5.74, 6) is 1.01. The lowest BCUT2D eigenvalue weighted by Gasteiger charge is -2.38. The van der Waals surface area contributed by atoms with Gasteiger partial charge in [-0.2, -0.15) is 0 Å². The summed E-state index contributed by atoms with van der Waals surface area (Å²) in [6.45, 7) is 6.12. The summed E-state index contributed by atoms with van der Waals surface area (Å²) in [7, 11) is -2.91. The summed E-state index contributed by atoms with van der Waals surface area (Å²) in [4.78, 5) is 0. The van der Waals surface area contributed by atoms with Crippen LogP contribution in [0, 0.1) is 11.8 Å². The molecule has 0 radical (unpaired) electrons. The summed E-state index contributed by atoms with van der Waals surface area (Å²) in [6, 6.07) is 0.409. The first kappa shape index (κ1) is 17.2. The Morgan fingerprint density at radius 1 is 1.24 bits per heavy atom. The number of sulfone groups is 1. The highest BCUT2D eigenvalue weighted by molar-refractivity contribution is 7.91. The van der Waals surface area contributed by atoms with Crippen molar-refractivity contribution in [3.63, 3.8) is 0 Å². The van der Waals surface area contributed by atoms with E-state index in [0.29, 0.717) is 24.0 Å². The van der Waals surface area contributed by atoms with Crippen molar-refractivity contribution < 1.29 is 13.2 Å². The van der Waals surface area contributed by atoms with Crippen molar-refractivity contribution in [1.82, 2.24) is 5.32 Å². The van der Waals surface area contributed by atoms with Crippen LogP contribution in [0.25, 0.3) is 0 Å². The maximum atomic E-state index is 11.9. The predicted molar refractivity (Wildman–Crippen MR) is 86.2 cm³/mol. The van der Waals surface area contributed by atoms with Gasteiger partial charge in [0.1, 0.15) is 9.84 Å². The highest BCUT2D eigenvalue weighted by Gasteiger charge is 2.40. The molecule has 1 N–H and O–H groups in total. The lowest BCUT2D eigenvalue weighted by atomic mass is 9.76. The number of rotatable bonds is 6. The van der Waals surface area contributed by atoms with Crippen molar-refractivity contribution in [3.05, 3.63) is 0 Å². The van der Waals surface area contributed by atoms with E-state index in [4.69, 9.17) is 4.74 Å². The largest absolute Gasteiger partial charge is 0.378 e. The summed E-state index contributed by atoms with van der Waals surface area (Å²) < 4.78 is 29.7. The Bertz CT molecular complexity index is 423. The molecule has 2 rings (SSSR count). The van der Waals surface area contributed by atoms with Crippen LogP contribution >= 0.6 is 0 Å². The number of hydrogen-bond donors (Lipinski definition) is 1. The van der Waals surface area contributed by atoms with E-state index in [1.165, 1.54) is 6.26 Å². The molecule has 2 fully saturated rings. The van der Waals surface area contributed by atoms with Gasteiger partial charge in [-0.05, 0) is 44.6 Å². The fraction of sp³-hybridized carbons (Fsp3) is 1.00. The third-order valence-electron chi connectivity index (χ3n) is 5.34. The second kappa shape index (κ2) is 7.42. The van der Waals surface area contributed by atoms with Gasteiger partial charge in [-0.3, -0.25) is 0 Å². The second-order valence-corrected chi connectivity index (χ2v) is 9.06.